The van der Waals surface area contributed by atoms with Crippen LogP contribution in [0.4, 0.5) is 4.39 Å². The molecule has 0 spiro atoms. The Bertz CT molecular complexity index is 403. The second kappa shape index (κ2) is 7.36. The highest BCUT2D eigenvalue weighted by Gasteiger charge is 2.22. The molecule has 1 saturated heterocycles. The van der Waals surface area contributed by atoms with Gasteiger partial charge in [0.05, 0.1) is 0 Å². The smallest absolute Gasteiger partial charge is 0.128 e. The van der Waals surface area contributed by atoms with Gasteiger partial charge in [0.15, 0.2) is 0 Å². The molecule has 2 nitrogen and oxygen atoms in total. The molecule has 1 atom stereocenters. The molecule has 106 valence electrons. The van der Waals surface area contributed by atoms with Gasteiger partial charge in [0.1, 0.15) is 5.82 Å². The van der Waals surface area contributed by atoms with Crippen molar-refractivity contribution in [2.24, 2.45) is 5.73 Å². The summed E-state index contributed by atoms with van der Waals surface area (Å²) in [4.78, 5) is 2.35. The molecule has 0 radical (unpaired) electrons. The normalized spacial score (nSPS) is 19.7. The second-order valence-corrected chi connectivity index (χ2v) is 6.14. The zero-order chi connectivity index (χ0) is 13.7. The van der Waals surface area contributed by atoms with Gasteiger partial charge < -0.3 is 5.73 Å². The quantitative estimate of drug-likeness (QED) is 0.913. The third kappa shape index (κ3) is 4.01. The molecule has 1 heterocycles. The van der Waals surface area contributed by atoms with E-state index in [-0.39, 0.29) is 11.9 Å². The minimum atomic E-state index is -0.152. The van der Waals surface area contributed by atoms with Gasteiger partial charge in [-0.25, -0.2) is 4.39 Å². The number of hydrogen-bond acceptors (Lipinski definition) is 2. The van der Waals surface area contributed by atoms with E-state index in [4.69, 9.17) is 5.73 Å². The number of likely N-dealkylation sites (tertiary alicyclic amines) is 1. The first-order valence-corrected chi connectivity index (χ1v) is 7.90. The highest BCUT2D eigenvalue weighted by atomic mass is 79.9. The molecule has 4 heteroatoms. The summed E-state index contributed by atoms with van der Waals surface area (Å²) in [6.07, 6.45) is 6.24. The fourth-order valence-electron chi connectivity index (χ4n) is 2.83. The lowest BCUT2D eigenvalue weighted by molar-refractivity contribution is 0.180. The standard InChI is InChI=1S/C15H22BrFN2/c16-12-6-7-14(17)13(10-12)15(11-18)19-8-4-2-1-3-5-9-19/h6-7,10,15H,1-5,8-9,11,18H2. The number of benzene rings is 1. The van der Waals surface area contributed by atoms with Crippen LogP contribution in [0.1, 0.15) is 43.7 Å². The third-order valence-electron chi connectivity index (χ3n) is 3.87. The average molecular weight is 329 g/mol. The zero-order valence-corrected chi connectivity index (χ0v) is 12.8. The van der Waals surface area contributed by atoms with E-state index in [1.165, 1.54) is 38.2 Å². The minimum absolute atomic E-state index is 0.00407. The van der Waals surface area contributed by atoms with Gasteiger partial charge in [-0.3, -0.25) is 4.90 Å². The number of nitrogens with zero attached hydrogens (tertiary/aromatic N) is 1. The van der Waals surface area contributed by atoms with E-state index in [1.54, 1.807) is 6.07 Å². The van der Waals surface area contributed by atoms with Gasteiger partial charge in [-0.05, 0) is 44.1 Å². The van der Waals surface area contributed by atoms with Crippen molar-refractivity contribution in [3.8, 4) is 0 Å². The Labute approximate surface area is 123 Å². The van der Waals surface area contributed by atoms with E-state index < -0.39 is 0 Å². The summed E-state index contributed by atoms with van der Waals surface area (Å²) in [6, 6.07) is 5.12. The van der Waals surface area contributed by atoms with E-state index in [0.29, 0.717) is 6.54 Å². The first kappa shape index (κ1) is 14.9. The highest BCUT2D eigenvalue weighted by molar-refractivity contribution is 9.10. The molecule has 2 rings (SSSR count). The molecule has 0 aliphatic carbocycles. The van der Waals surface area contributed by atoms with Gasteiger partial charge in [0.25, 0.3) is 0 Å². The van der Waals surface area contributed by atoms with Crippen LogP contribution in [0, 0.1) is 5.82 Å². The molecule has 19 heavy (non-hydrogen) atoms. The molecule has 1 aliphatic rings. The van der Waals surface area contributed by atoms with E-state index in [9.17, 15) is 4.39 Å². The van der Waals surface area contributed by atoms with Crippen LogP contribution >= 0.6 is 15.9 Å². The van der Waals surface area contributed by atoms with Gasteiger partial charge in [-0.1, -0.05) is 35.2 Å². The van der Waals surface area contributed by atoms with Crippen molar-refractivity contribution in [3.05, 3.63) is 34.1 Å². The Kier molecular flexibility index (Phi) is 5.79. The molecule has 1 aliphatic heterocycles. The Balaban J connectivity index is 2.19. The lowest BCUT2D eigenvalue weighted by Crippen LogP contribution is -2.36. The Morgan fingerprint density at radius 1 is 1.16 bits per heavy atom. The topological polar surface area (TPSA) is 29.3 Å². The summed E-state index contributed by atoms with van der Waals surface area (Å²) in [5.41, 5.74) is 6.64. The lowest BCUT2D eigenvalue weighted by Gasteiger charge is -2.32. The van der Waals surface area contributed by atoms with Gasteiger partial charge in [0.2, 0.25) is 0 Å². The number of nitrogens with two attached hydrogens (primary N) is 1. The molecule has 0 aromatic heterocycles. The summed E-state index contributed by atoms with van der Waals surface area (Å²) in [5, 5.41) is 0. The van der Waals surface area contributed by atoms with Crippen molar-refractivity contribution in [2.75, 3.05) is 19.6 Å². The Morgan fingerprint density at radius 2 is 1.79 bits per heavy atom. The number of rotatable bonds is 3. The minimum Gasteiger partial charge on any atom is -0.329 e. The van der Waals surface area contributed by atoms with Crippen LogP contribution in [0.2, 0.25) is 0 Å². The van der Waals surface area contributed by atoms with Crippen molar-refractivity contribution < 1.29 is 4.39 Å². The van der Waals surface area contributed by atoms with Crippen LogP contribution in [0.3, 0.4) is 0 Å². The molecule has 0 bridgehead atoms. The van der Waals surface area contributed by atoms with Crippen molar-refractivity contribution in [1.29, 1.82) is 0 Å². The van der Waals surface area contributed by atoms with Crippen molar-refractivity contribution >= 4 is 15.9 Å². The van der Waals surface area contributed by atoms with E-state index in [1.807, 2.05) is 6.07 Å². The van der Waals surface area contributed by atoms with E-state index in [0.717, 1.165) is 23.1 Å². The molecular weight excluding hydrogens is 307 g/mol. The molecule has 1 unspecified atom stereocenters. The van der Waals surface area contributed by atoms with Crippen molar-refractivity contribution in [1.82, 2.24) is 4.90 Å². The predicted octanol–water partition coefficient (Wildman–Crippen LogP) is 3.85. The fourth-order valence-corrected chi connectivity index (χ4v) is 3.21. The predicted molar refractivity (Wildman–Crippen MR) is 80.6 cm³/mol. The molecular formula is C15H22BrFN2. The fraction of sp³-hybridized carbons (Fsp3) is 0.600. The molecule has 2 N–H and O–H groups in total. The zero-order valence-electron chi connectivity index (χ0n) is 11.2. The molecule has 0 amide bonds. The van der Waals surface area contributed by atoms with Crippen molar-refractivity contribution in [2.45, 2.75) is 38.1 Å². The summed E-state index contributed by atoms with van der Waals surface area (Å²) in [5.74, 6) is -0.152. The maximum absolute atomic E-state index is 14.0. The molecule has 1 fully saturated rings. The summed E-state index contributed by atoms with van der Waals surface area (Å²) in [7, 11) is 0. The van der Waals surface area contributed by atoms with E-state index >= 15 is 0 Å². The Morgan fingerprint density at radius 3 is 2.42 bits per heavy atom. The largest absolute Gasteiger partial charge is 0.329 e. The third-order valence-corrected chi connectivity index (χ3v) is 4.36. The SMILES string of the molecule is NCC(c1cc(Br)ccc1F)N1CCCCCCC1. The van der Waals surface area contributed by atoms with Crippen LogP contribution < -0.4 is 5.73 Å². The maximum atomic E-state index is 14.0. The highest BCUT2D eigenvalue weighted by Crippen LogP contribution is 2.27. The van der Waals surface area contributed by atoms with Crippen LogP contribution in [-0.4, -0.2) is 24.5 Å². The van der Waals surface area contributed by atoms with Crippen LogP contribution in [0.5, 0.6) is 0 Å². The molecule has 0 saturated carbocycles. The van der Waals surface area contributed by atoms with E-state index in [2.05, 4.69) is 20.8 Å². The maximum Gasteiger partial charge on any atom is 0.128 e. The van der Waals surface area contributed by atoms with Gasteiger partial charge >= 0.3 is 0 Å². The average Bonchev–Trinajstić information content (AvgIpc) is 2.36. The van der Waals surface area contributed by atoms with Gasteiger partial charge in [-0.2, -0.15) is 0 Å². The van der Waals surface area contributed by atoms with Crippen molar-refractivity contribution in [3.63, 3.8) is 0 Å². The number of hydrogen-bond donors (Lipinski definition) is 1. The van der Waals surface area contributed by atoms with Gasteiger partial charge in [-0.15, -0.1) is 0 Å². The first-order valence-electron chi connectivity index (χ1n) is 7.11. The lowest BCUT2D eigenvalue weighted by atomic mass is 10.0. The van der Waals surface area contributed by atoms with Gasteiger partial charge in [0, 0.05) is 22.6 Å². The summed E-state index contributed by atoms with van der Waals surface area (Å²) in [6.45, 7) is 2.51. The molecule has 1 aromatic rings. The summed E-state index contributed by atoms with van der Waals surface area (Å²) >= 11 is 3.42. The summed E-state index contributed by atoms with van der Waals surface area (Å²) < 4.78 is 15.0. The number of halogens is 2. The van der Waals surface area contributed by atoms with Crippen LogP contribution in [0.25, 0.3) is 0 Å². The molecule has 1 aromatic carbocycles. The monoisotopic (exact) mass is 328 g/mol. The second-order valence-electron chi connectivity index (χ2n) is 5.22. The first-order chi connectivity index (χ1) is 9.22. The Hall–Kier alpha value is -0.450. The van der Waals surface area contributed by atoms with Crippen LogP contribution in [0.15, 0.2) is 22.7 Å². The van der Waals surface area contributed by atoms with Crippen LogP contribution in [-0.2, 0) is 0 Å².